The minimum atomic E-state index is -1.38. The first kappa shape index (κ1) is 33.4. The van der Waals surface area contributed by atoms with E-state index in [4.69, 9.17) is 10.5 Å². The lowest BCUT2D eigenvalue weighted by Gasteiger charge is -2.41. The normalized spacial score (nSPS) is 28.4. The summed E-state index contributed by atoms with van der Waals surface area (Å²) in [6, 6.07) is 5.17. The number of fused-ring (bicyclic) bond motifs is 1. The van der Waals surface area contributed by atoms with Crippen LogP contribution in [0.3, 0.4) is 0 Å². The van der Waals surface area contributed by atoms with E-state index in [1.807, 2.05) is 0 Å². The molecule has 0 bridgehead atoms. The van der Waals surface area contributed by atoms with Crippen LogP contribution in [0.1, 0.15) is 26.3 Å². The number of benzene rings is 1. The molecule has 0 saturated carbocycles. The smallest absolute Gasteiger partial charge is 0.270 e. The van der Waals surface area contributed by atoms with Gasteiger partial charge in [-0.05, 0) is 19.4 Å². The fourth-order valence-electron chi connectivity index (χ4n) is 3.61. The highest BCUT2D eigenvalue weighted by Crippen LogP contribution is 2.52. The Morgan fingerprint density at radius 2 is 2.00 bits per heavy atom. The summed E-state index contributed by atoms with van der Waals surface area (Å²) in [6.45, 7) is 0.583. The van der Waals surface area contributed by atoms with Crippen molar-refractivity contribution < 1.29 is 18.4 Å². The average molecular weight is 503 g/mol. The summed E-state index contributed by atoms with van der Waals surface area (Å²) < 4.78 is 33.4. The zero-order valence-corrected chi connectivity index (χ0v) is 19.4. The summed E-state index contributed by atoms with van der Waals surface area (Å²) in [4.78, 5) is 14.8. The number of nitrogens with two attached hydrogens (primary N) is 1. The number of hydrogen-bond donors (Lipinski definition) is 1. The van der Waals surface area contributed by atoms with Crippen molar-refractivity contribution in [1.29, 1.82) is 5.26 Å². The first-order valence-electron chi connectivity index (χ1n) is 7.66. The lowest BCUT2D eigenvalue weighted by molar-refractivity contribution is -0.385. The number of non-ortho nitro benzene ring substituents is 1. The lowest BCUT2D eigenvalue weighted by Crippen LogP contribution is -2.50. The van der Waals surface area contributed by atoms with Gasteiger partial charge in [0, 0.05) is 23.6 Å². The fraction of sp³-hybridized carbons (Fsp3) is 0.529. The van der Waals surface area contributed by atoms with Crippen molar-refractivity contribution in [3.8, 4) is 6.07 Å². The number of nitro groups is 1. The molecule has 13 heteroatoms. The summed E-state index contributed by atoms with van der Waals surface area (Å²) in [5, 5.41) is 20.5. The molecule has 3 rings (SSSR count). The van der Waals surface area contributed by atoms with Crippen molar-refractivity contribution >= 4 is 65.5 Å². The van der Waals surface area contributed by atoms with Crippen molar-refractivity contribution in [2.24, 2.45) is 22.1 Å². The minimum Gasteiger partial charge on any atom is -0.386 e. The Balaban J connectivity index is -0.00000146. The quantitative estimate of drug-likeness (QED) is 0.503. The number of nitriles is 1. The molecule has 0 aliphatic carbocycles. The lowest BCUT2D eigenvalue weighted by atomic mass is 9.66. The third-order valence-electron chi connectivity index (χ3n) is 5.12. The zero-order valence-electron chi connectivity index (χ0n) is 15.4. The van der Waals surface area contributed by atoms with Gasteiger partial charge in [0.1, 0.15) is 29.3 Å². The van der Waals surface area contributed by atoms with Crippen LogP contribution in [0.2, 0.25) is 0 Å². The van der Waals surface area contributed by atoms with Crippen LogP contribution in [0.5, 0.6) is 0 Å². The molecule has 2 aliphatic heterocycles. The maximum Gasteiger partial charge on any atom is 0.270 e. The van der Waals surface area contributed by atoms with E-state index in [9.17, 15) is 24.2 Å². The molecule has 2 N–H and O–H groups in total. The van der Waals surface area contributed by atoms with Crippen LogP contribution in [0, 0.1) is 38.6 Å². The maximum atomic E-state index is 14.5. The Hall–Kier alpha value is -1.20. The van der Waals surface area contributed by atoms with E-state index in [1.54, 1.807) is 6.92 Å². The topological polar surface area (TPSA) is 115 Å². The largest absolute Gasteiger partial charge is 0.386 e. The first-order chi connectivity index (χ1) is 11.8. The Morgan fingerprint density at radius 1 is 1.40 bits per heavy atom. The van der Waals surface area contributed by atoms with Crippen LogP contribution < -0.4 is 5.73 Å². The highest BCUT2D eigenvalue weighted by molar-refractivity contribution is 7.59. The number of nitrogens with zero attached hydrogens (tertiary/aromatic N) is 3. The van der Waals surface area contributed by atoms with Gasteiger partial charge in [0.15, 0.2) is 0 Å². The summed E-state index contributed by atoms with van der Waals surface area (Å²) in [5.74, 6) is -1.39. The van der Waals surface area contributed by atoms with Gasteiger partial charge in [-0.2, -0.15) is 59.2 Å². The molecule has 1 fully saturated rings. The van der Waals surface area contributed by atoms with Crippen LogP contribution in [-0.2, 0) is 10.3 Å². The first-order valence-corrected chi connectivity index (χ1v) is 7.66. The summed E-state index contributed by atoms with van der Waals surface area (Å²) in [5.41, 5.74) is 3.07. The SMILES string of the molecule is C.C[C@@]1(C#N)C[C@@H]2[C@@H](CF)OC[C@]2(c2cc([N+](=O)[O-])ccc2F)N=C1N.S.S.S.S. The van der Waals surface area contributed by atoms with Crippen LogP contribution in [-0.4, -0.2) is 30.1 Å². The van der Waals surface area contributed by atoms with E-state index in [0.29, 0.717) is 0 Å². The third-order valence-corrected chi connectivity index (χ3v) is 5.12. The molecular formula is C17H28F2N4O3S4. The van der Waals surface area contributed by atoms with E-state index >= 15 is 0 Å². The number of nitro benzene ring substituents is 1. The molecule has 4 atom stereocenters. The van der Waals surface area contributed by atoms with Crippen LogP contribution in [0.4, 0.5) is 14.5 Å². The molecule has 0 spiro atoms. The summed E-state index contributed by atoms with van der Waals surface area (Å²) in [7, 11) is 0. The standard InChI is InChI=1S/C16H16F2N4O3.CH4.4H2S/c1-15(7-19)5-11-13(6-17)25-8-16(11,21-14(15)20)10-4-9(22(23)24)2-3-12(10)18;;;;;/h2-4,11,13H,5-6,8H2,1H3,(H2,20,21);1H4;4*1H2/t11-,13-,15+,16-;;;;;/m1...../s1. The summed E-state index contributed by atoms with van der Waals surface area (Å²) >= 11 is 0. The fourth-order valence-corrected chi connectivity index (χ4v) is 3.61. The highest BCUT2D eigenvalue weighted by atomic mass is 32.1. The molecule has 1 aromatic rings. The average Bonchev–Trinajstić information content (AvgIpc) is 2.93. The number of hydrogen-bond acceptors (Lipinski definition) is 6. The number of alkyl halides is 1. The monoisotopic (exact) mass is 502 g/mol. The predicted molar refractivity (Wildman–Crippen MR) is 132 cm³/mol. The Labute approximate surface area is 202 Å². The van der Waals surface area contributed by atoms with Crippen molar-refractivity contribution in [2.45, 2.75) is 32.4 Å². The second kappa shape index (κ2) is 12.0. The van der Waals surface area contributed by atoms with Gasteiger partial charge in [-0.1, -0.05) is 7.43 Å². The highest BCUT2D eigenvalue weighted by Gasteiger charge is 2.58. The molecule has 7 nitrogen and oxygen atoms in total. The van der Waals surface area contributed by atoms with Gasteiger partial charge in [0.25, 0.3) is 5.69 Å². The zero-order chi connectivity index (χ0) is 18.4. The van der Waals surface area contributed by atoms with Crippen molar-refractivity contribution in [3.05, 3.63) is 39.7 Å². The van der Waals surface area contributed by atoms with E-state index in [1.165, 1.54) is 0 Å². The minimum absolute atomic E-state index is 0. The maximum absolute atomic E-state index is 14.5. The Morgan fingerprint density at radius 3 is 2.50 bits per heavy atom. The molecule has 2 aliphatic rings. The van der Waals surface area contributed by atoms with Crippen molar-refractivity contribution in [1.82, 2.24) is 0 Å². The number of aliphatic imine (C=N–C) groups is 1. The molecule has 2 heterocycles. The Kier molecular flexibility index (Phi) is 13.4. The van der Waals surface area contributed by atoms with E-state index in [2.05, 4.69) is 11.1 Å². The number of rotatable bonds is 3. The number of ether oxygens (including phenoxy) is 1. The van der Waals surface area contributed by atoms with E-state index in [0.717, 1.165) is 18.2 Å². The van der Waals surface area contributed by atoms with Gasteiger partial charge in [-0.15, -0.1) is 0 Å². The molecular weight excluding hydrogens is 474 g/mol. The van der Waals surface area contributed by atoms with Gasteiger partial charge in [0.2, 0.25) is 0 Å². The van der Waals surface area contributed by atoms with Crippen LogP contribution in [0.25, 0.3) is 0 Å². The number of halogens is 2. The Bertz CT molecular complexity index is 827. The van der Waals surface area contributed by atoms with Crippen LogP contribution in [0.15, 0.2) is 23.2 Å². The molecule has 0 unspecified atom stereocenters. The molecule has 1 saturated heterocycles. The van der Waals surface area contributed by atoms with Gasteiger partial charge in [-0.3, -0.25) is 15.1 Å². The van der Waals surface area contributed by atoms with Crippen molar-refractivity contribution in [2.75, 3.05) is 13.3 Å². The van der Waals surface area contributed by atoms with E-state index in [-0.39, 0.29) is 91.5 Å². The molecule has 0 radical (unpaired) electrons. The molecule has 172 valence electrons. The number of amidine groups is 1. The van der Waals surface area contributed by atoms with Crippen molar-refractivity contribution in [3.63, 3.8) is 0 Å². The molecule has 0 amide bonds. The third kappa shape index (κ3) is 5.16. The second-order valence-electron chi connectivity index (χ2n) is 6.60. The van der Waals surface area contributed by atoms with Gasteiger partial charge in [-0.25, -0.2) is 8.78 Å². The van der Waals surface area contributed by atoms with Crippen LogP contribution >= 0.6 is 54.0 Å². The van der Waals surface area contributed by atoms with Gasteiger partial charge in [0.05, 0.1) is 23.7 Å². The second-order valence-corrected chi connectivity index (χ2v) is 6.60. The molecule has 1 aromatic carbocycles. The molecule has 30 heavy (non-hydrogen) atoms. The van der Waals surface area contributed by atoms with Gasteiger partial charge >= 0.3 is 0 Å². The summed E-state index contributed by atoms with van der Waals surface area (Å²) in [6.07, 6.45) is -0.765. The van der Waals surface area contributed by atoms with E-state index < -0.39 is 40.4 Å². The molecule has 0 aromatic heterocycles. The predicted octanol–water partition coefficient (Wildman–Crippen LogP) is 3.29. The van der Waals surface area contributed by atoms with Gasteiger partial charge < -0.3 is 10.5 Å².